The predicted octanol–water partition coefficient (Wildman–Crippen LogP) is 2.66. The third-order valence-corrected chi connectivity index (χ3v) is 3.15. The van der Waals surface area contributed by atoms with Gasteiger partial charge in [0.05, 0.1) is 10.7 Å². The minimum atomic E-state index is -0.443. The first kappa shape index (κ1) is 18.3. The number of benzene rings is 1. The number of anilines is 1. The maximum absolute atomic E-state index is 11.7. The van der Waals surface area contributed by atoms with E-state index in [2.05, 4.69) is 16.2 Å². The first-order valence-corrected chi connectivity index (χ1v) is 7.50. The molecule has 0 unspecified atom stereocenters. The molecule has 0 saturated carbocycles. The van der Waals surface area contributed by atoms with Gasteiger partial charge in [0.2, 0.25) is 17.7 Å². The molecule has 0 radical (unpaired) electrons. The molecule has 1 aromatic carbocycles. The van der Waals surface area contributed by atoms with Crippen LogP contribution in [0.5, 0.6) is 0 Å². The first-order chi connectivity index (χ1) is 10.4. The molecule has 0 aliphatic carbocycles. The number of hydrogen-bond donors (Lipinski definition) is 3. The van der Waals surface area contributed by atoms with Gasteiger partial charge < -0.3 is 5.32 Å². The zero-order valence-corrected chi connectivity index (χ0v) is 13.6. The number of hydrogen-bond acceptors (Lipinski definition) is 3. The number of amides is 3. The van der Waals surface area contributed by atoms with Crippen LogP contribution >= 0.6 is 23.2 Å². The van der Waals surface area contributed by atoms with Gasteiger partial charge in [-0.1, -0.05) is 30.1 Å². The number of halogens is 2. The summed E-state index contributed by atoms with van der Waals surface area (Å²) in [4.78, 5) is 34.4. The third-order valence-electron chi connectivity index (χ3n) is 2.60. The van der Waals surface area contributed by atoms with Gasteiger partial charge in [-0.2, -0.15) is 0 Å². The smallest absolute Gasteiger partial charge is 0.238 e. The van der Waals surface area contributed by atoms with E-state index < -0.39 is 5.91 Å². The predicted molar refractivity (Wildman–Crippen MR) is 85.5 cm³/mol. The van der Waals surface area contributed by atoms with Crippen molar-refractivity contribution in [2.45, 2.75) is 32.6 Å². The lowest BCUT2D eigenvalue weighted by molar-refractivity contribution is -0.129. The van der Waals surface area contributed by atoms with E-state index in [1.54, 1.807) is 12.1 Å². The van der Waals surface area contributed by atoms with E-state index in [1.807, 2.05) is 6.92 Å². The van der Waals surface area contributed by atoms with Crippen molar-refractivity contribution in [3.05, 3.63) is 28.2 Å². The van der Waals surface area contributed by atoms with Gasteiger partial charge in [-0.25, -0.2) is 0 Å². The number of carbonyl (C=O) groups excluding carboxylic acids is 3. The van der Waals surface area contributed by atoms with Gasteiger partial charge in [0.15, 0.2) is 0 Å². The highest BCUT2D eigenvalue weighted by Gasteiger charge is 2.10. The van der Waals surface area contributed by atoms with Crippen LogP contribution < -0.4 is 16.2 Å². The van der Waals surface area contributed by atoms with Crippen molar-refractivity contribution in [2.75, 3.05) is 5.32 Å². The Morgan fingerprint density at radius 2 is 1.55 bits per heavy atom. The van der Waals surface area contributed by atoms with Crippen molar-refractivity contribution in [3.63, 3.8) is 0 Å². The summed E-state index contributed by atoms with van der Waals surface area (Å²) in [6, 6.07) is 4.68. The van der Waals surface area contributed by atoms with Gasteiger partial charge in [0.1, 0.15) is 0 Å². The fourth-order valence-corrected chi connectivity index (χ4v) is 1.98. The Kier molecular flexibility index (Phi) is 7.70. The minimum absolute atomic E-state index is 0.0333. The van der Waals surface area contributed by atoms with Gasteiger partial charge >= 0.3 is 0 Å². The highest BCUT2D eigenvalue weighted by atomic mass is 35.5. The lowest BCUT2D eigenvalue weighted by atomic mass is 10.2. The second-order valence-corrected chi connectivity index (χ2v) is 5.36. The molecular weight excluding hydrogens is 329 g/mol. The second-order valence-electron chi connectivity index (χ2n) is 4.52. The van der Waals surface area contributed by atoms with E-state index in [-0.39, 0.29) is 24.7 Å². The summed E-state index contributed by atoms with van der Waals surface area (Å²) in [5, 5.41) is 3.36. The topological polar surface area (TPSA) is 87.3 Å². The Morgan fingerprint density at radius 3 is 2.14 bits per heavy atom. The molecule has 0 heterocycles. The number of hydrazine groups is 1. The Balaban J connectivity index is 2.33. The molecule has 0 aliphatic rings. The summed E-state index contributed by atoms with van der Waals surface area (Å²) >= 11 is 11.7. The molecule has 1 aromatic rings. The molecular formula is C14H17Cl2N3O3. The maximum Gasteiger partial charge on any atom is 0.238 e. The average molecular weight is 346 g/mol. The van der Waals surface area contributed by atoms with Gasteiger partial charge in [-0.3, -0.25) is 25.2 Å². The Bertz CT molecular complexity index is 564. The molecule has 0 saturated heterocycles. The first-order valence-electron chi connectivity index (χ1n) is 6.75. The van der Waals surface area contributed by atoms with Crippen molar-refractivity contribution < 1.29 is 14.4 Å². The van der Waals surface area contributed by atoms with Crippen LogP contribution in [0.25, 0.3) is 0 Å². The summed E-state index contributed by atoms with van der Waals surface area (Å²) in [6.45, 7) is 1.85. The number of nitrogens with one attached hydrogen (secondary N) is 3. The fraction of sp³-hybridized carbons (Fsp3) is 0.357. The molecule has 0 aromatic heterocycles. The normalized spacial score (nSPS) is 9.95. The van der Waals surface area contributed by atoms with Crippen LogP contribution in [0, 0.1) is 0 Å². The van der Waals surface area contributed by atoms with Crippen molar-refractivity contribution in [1.29, 1.82) is 0 Å². The Hall–Kier alpha value is -1.79. The molecule has 22 heavy (non-hydrogen) atoms. The van der Waals surface area contributed by atoms with E-state index in [0.29, 0.717) is 28.6 Å². The van der Waals surface area contributed by atoms with Crippen LogP contribution in [0.15, 0.2) is 18.2 Å². The molecule has 8 heteroatoms. The minimum Gasteiger partial charge on any atom is -0.325 e. The number of carbonyl (C=O) groups is 3. The molecule has 0 atom stereocenters. The highest BCUT2D eigenvalue weighted by molar-refractivity contribution is 6.36. The fourth-order valence-electron chi connectivity index (χ4n) is 1.52. The zero-order valence-electron chi connectivity index (χ0n) is 12.0. The molecule has 3 N–H and O–H groups in total. The molecule has 120 valence electrons. The van der Waals surface area contributed by atoms with Gasteiger partial charge in [-0.15, -0.1) is 0 Å². The molecule has 3 amide bonds. The SMILES string of the molecule is CCCC(=O)NNC(=O)CCC(=O)Nc1ccc(Cl)cc1Cl. The van der Waals surface area contributed by atoms with Gasteiger partial charge in [-0.05, 0) is 24.6 Å². The Morgan fingerprint density at radius 1 is 0.955 bits per heavy atom. The molecule has 0 aliphatic heterocycles. The molecule has 1 rings (SSSR count). The van der Waals surface area contributed by atoms with Crippen molar-refractivity contribution >= 4 is 46.6 Å². The number of rotatable bonds is 6. The van der Waals surface area contributed by atoms with Crippen LogP contribution in [0.1, 0.15) is 32.6 Å². The zero-order chi connectivity index (χ0) is 16.5. The van der Waals surface area contributed by atoms with Crippen LogP contribution in [-0.2, 0) is 14.4 Å². The quantitative estimate of drug-likeness (QED) is 0.692. The summed E-state index contributed by atoms with van der Waals surface area (Å²) in [5.41, 5.74) is 4.93. The average Bonchev–Trinajstić information content (AvgIpc) is 2.46. The summed E-state index contributed by atoms with van der Waals surface area (Å²) < 4.78 is 0. The highest BCUT2D eigenvalue weighted by Crippen LogP contribution is 2.25. The molecule has 0 fully saturated rings. The van der Waals surface area contributed by atoms with E-state index in [1.165, 1.54) is 6.07 Å². The van der Waals surface area contributed by atoms with Gasteiger partial charge in [0.25, 0.3) is 0 Å². The van der Waals surface area contributed by atoms with Gasteiger partial charge in [0, 0.05) is 24.3 Å². The van der Waals surface area contributed by atoms with Crippen molar-refractivity contribution in [1.82, 2.24) is 10.9 Å². The van der Waals surface area contributed by atoms with Crippen molar-refractivity contribution in [2.24, 2.45) is 0 Å². The lowest BCUT2D eigenvalue weighted by Crippen LogP contribution is -2.41. The molecule has 0 spiro atoms. The summed E-state index contributed by atoms with van der Waals surface area (Å²) in [6.07, 6.45) is 0.930. The Labute approximate surface area is 138 Å². The monoisotopic (exact) mass is 345 g/mol. The van der Waals surface area contributed by atoms with Crippen LogP contribution in [0.4, 0.5) is 5.69 Å². The maximum atomic E-state index is 11.7. The molecule has 6 nitrogen and oxygen atoms in total. The summed E-state index contributed by atoms with van der Waals surface area (Å²) in [7, 11) is 0. The largest absolute Gasteiger partial charge is 0.325 e. The van der Waals surface area contributed by atoms with Crippen LogP contribution in [-0.4, -0.2) is 17.7 Å². The van der Waals surface area contributed by atoms with Crippen molar-refractivity contribution in [3.8, 4) is 0 Å². The lowest BCUT2D eigenvalue weighted by Gasteiger charge is -2.08. The van der Waals surface area contributed by atoms with E-state index in [4.69, 9.17) is 23.2 Å². The van der Waals surface area contributed by atoms with Crippen LogP contribution in [0.2, 0.25) is 10.0 Å². The van der Waals surface area contributed by atoms with E-state index >= 15 is 0 Å². The second kappa shape index (κ2) is 9.27. The molecule has 0 bridgehead atoms. The van der Waals surface area contributed by atoms with E-state index in [0.717, 1.165) is 0 Å². The standard InChI is InChI=1S/C14H17Cl2N3O3/c1-2-3-13(21)18-19-14(22)7-6-12(20)17-11-5-4-9(15)8-10(11)16/h4-5,8H,2-3,6-7H2,1H3,(H,17,20)(H,18,21)(H,19,22). The third kappa shape index (κ3) is 6.78. The summed E-state index contributed by atoms with van der Waals surface area (Å²) in [5.74, 6) is -1.07. The van der Waals surface area contributed by atoms with E-state index in [9.17, 15) is 14.4 Å². The van der Waals surface area contributed by atoms with Crippen LogP contribution in [0.3, 0.4) is 0 Å².